The van der Waals surface area contributed by atoms with Crippen LogP contribution < -0.4 is 0 Å². The van der Waals surface area contributed by atoms with Crippen molar-refractivity contribution in [1.82, 2.24) is 0 Å². The van der Waals surface area contributed by atoms with E-state index in [1.165, 1.54) is 0 Å². The van der Waals surface area contributed by atoms with Crippen LogP contribution in [0.4, 0.5) is 0 Å². The van der Waals surface area contributed by atoms with E-state index in [0.29, 0.717) is 6.61 Å². The van der Waals surface area contributed by atoms with Gasteiger partial charge in [-0.15, -0.1) is 6.58 Å². The first kappa shape index (κ1) is 12.7. The lowest BCUT2D eigenvalue weighted by atomic mass is 10.4. The second kappa shape index (κ2) is 8.28. The average Bonchev–Trinajstić information content (AvgIpc) is 2.13. The van der Waals surface area contributed by atoms with Gasteiger partial charge in [0.2, 0.25) is 0 Å². The lowest BCUT2D eigenvalue weighted by molar-refractivity contribution is -0.131. The molecule has 0 saturated heterocycles. The molecule has 0 fully saturated rings. The molecular weight excluding hydrogens is 188 g/mol. The standard InChI is InChI=1S/C9H14O5/c1-2-4-13-6-8(10)7-14-5-3-9(11)12/h2-3,5,8,10H,1,4,6-7H2,(H,11,12). The predicted octanol–water partition coefficient (Wildman–Crippen LogP) is 0.165. The fraction of sp³-hybridized carbons (Fsp3) is 0.444. The molecule has 80 valence electrons. The summed E-state index contributed by atoms with van der Waals surface area (Å²) in [4.78, 5) is 9.99. The maximum atomic E-state index is 9.99. The van der Waals surface area contributed by atoms with E-state index in [1.54, 1.807) is 6.08 Å². The molecule has 0 bridgehead atoms. The zero-order valence-corrected chi connectivity index (χ0v) is 7.76. The number of rotatable bonds is 8. The maximum Gasteiger partial charge on any atom is 0.331 e. The fourth-order valence-corrected chi connectivity index (χ4v) is 0.608. The molecule has 1 unspecified atom stereocenters. The van der Waals surface area contributed by atoms with Gasteiger partial charge in [-0.2, -0.15) is 0 Å². The predicted molar refractivity (Wildman–Crippen MR) is 49.8 cm³/mol. The lowest BCUT2D eigenvalue weighted by Crippen LogP contribution is -2.20. The van der Waals surface area contributed by atoms with Crippen LogP contribution in [0.5, 0.6) is 0 Å². The summed E-state index contributed by atoms with van der Waals surface area (Å²) in [6.07, 6.45) is 2.65. The molecule has 0 radical (unpaired) electrons. The van der Waals surface area contributed by atoms with Gasteiger partial charge >= 0.3 is 5.97 Å². The van der Waals surface area contributed by atoms with Gasteiger partial charge < -0.3 is 19.7 Å². The molecule has 0 aliphatic heterocycles. The molecule has 0 aromatic rings. The number of aliphatic carboxylic acids is 1. The van der Waals surface area contributed by atoms with E-state index in [1.807, 2.05) is 0 Å². The van der Waals surface area contributed by atoms with Gasteiger partial charge in [-0.25, -0.2) is 4.79 Å². The van der Waals surface area contributed by atoms with Crippen molar-refractivity contribution < 1.29 is 24.5 Å². The summed E-state index contributed by atoms with van der Waals surface area (Å²) in [6.45, 7) is 3.93. The van der Waals surface area contributed by atoms with Crippen LogP contribution in [-0.4, -0.2) is 42.1 Å². The topological polar surface area (TPSA) is 76.0 Å². The molecule has 0 rings (SSSR count). The summed E-state index contributed by atoms with van der Waals surface area (Å²) >= 11 is 0. The molecule has 0 saturated carbocycles. The number of hydrogen-bond acceptors (Lipinski definition) is 4. The minimum atomic E-state index is -1.10. The van der Waals surface area contributed by atoms with Crippen LogP contribution in [-0.2, 0) is 14.3 Å². The van der Waals surface area contributed by atoms with Gasteiger partial charge in [-0.05, 0) is 0 Å². The zero-order valence-electron chi connectivity index (χ0n) is 7.76. The highest BCUT2D eigenvalue weighted by Gasteiger charge is 2.02. The third-order valence-electron chi connectivity index (χ3n) is 1.14. The first-order chi connectivity index (χ1) is 6.66. The highest BCUT2D eigenvalue weighted by Crippen LogP contribution is 1.89. The van der Waals surface area contributed by atoms with Crippen molar-refractivity contribution in [3.05, 3.63) is 25.0 Å². The van der Waals surface area contributed by atoms with Crippen molar-refractivity contribution in [2.45, 2.75) is 6.10 Å². The third-order valence-corrected chi connectivity index (χ3v) is 1.14. The fourth-order valence-electron chi connectivity index (χ4n) is 0.608. The van der Waals surface area contributed by atoms with Crippen LogP contribution in [0.3, 0.4) is 0 Å². The summed E-state index contributed by atoms with van der Waals surface area (Å²) in [6, 6.07) is 0. The van der Waals surface area contributed by atoms with E-state index in [0.717, 1.165) is 12.3 Å². The number of aliphatic hydroxyl groups excluding tert-OH is 1. The summed E-state index contributed by atoms with van der Waals surface area (Å²) in [5, 5.41) is 17.4. The van der Waals surface area contributed by atoms with Crippen LogP contribution in [0.1, 0.15) is 0 Å². The molecule has 0 heterocycles. The van der Waals surface area contributed by atoms with Crippen molar-refractivity contribution >= 4 is 5.97 Å². The highest BCUT2D eigenvalue weighted by molar-refractivity contribution is 5.79. The molecule has 0 aliphatic rings. The van der Waals surface area contributed by atoms with Crippen LogP contribution in [0.15, 0.2) is 25.0 Å². The normalized spacial score (nSPS) is 12.6. The van der Waals surface area contributed by atoms with Crippen LogP contribution >= 0.6 is 0 Å². The Morgan fingerprint density at radius 3 is 2.79 bits per heavy atom. The SMILES string of the molecule is C=CCOCC(O)COC=CC(=O)O. The summed E-state index contributed by atoms with van der Waals surface area (Å²) in [7, 11) is 0. The van der Waals surface area contributed by atoms with Crippen LogP contribution in [0.25, 0.3) is 0 Å². The minimum absolute atomic E-state index is 0.000916. The number of carboxylic acid groups (broad SMARTS) is 1. The summed E-state index contributed by atoms with van der Waals surface area (Å²) in [5.41, 5.74) is 0. The van der Waals surface area contributed by atoms with Crippen molar-refractivity contribution in [2.24, 2.45) is 0 Å². The van der Waals surface area contributed by atoms with Gasteiger partial charge in [0.25, 0.3) is 0 Å². The number of carbonyl (C=O) groups is 1. The van der Waals surface area contributed by atoms with Crippen molar-refractivity contribution in [3.8, 4) is 0 Å². The smallest absolute Gasteiger partial charge is 0.331 e. The Morgan fingerprint density at radius 1 is 1.50 bits per heavy atom. The minimum Gasteiger partial charge on any atom is -0.498 e. The Morgan fingerprint density at radius 2 is 2.21 bits per heavy atom. The second-order valence-corrected chi connectivity index (χ2v) is 2.45. The number of carboxylic acids is 1. The summed E-state index contributed by atoms with van der Waals surface area (Å²) < 4.78 is 9.65. The Bertz CT molecular complexity index is 199. The maximum absolute atomic E-state index is 9.99. The molecule has 1 atom stereocenters. The monoisotopic (exact) mass is 202 g/mol. The van der Waals surface area contributed by atoms with Crippen LogP contribution in [0, 0.1) is 0 Å². The first-order valence-corrected chi connectivity index (χ1v) is 4.04. The van der Waals surface area contributed by atoms with Gasteiger partial charge in [0, 0.05) is 0 Å². The summed E-state index contributed by atoms with van der Waals surface area (Å²) in [5.74, 6) is -1.10. The highest BCUT2D eigenvalue weighted by atomic mass is 16.5. The molecule has 5 heteroatoms. The largest absolute Gasteiger partial charge is 0.498 e. The third kappa shape index (κ3) is 8.76. The van der Waals surface area contributed by atoms with E-state index < -0.39 is 12.1 Å². The average molecular weight is 202 g/mol. The van der Waals surface area contributed by atoms with E-state index >= 15 is 0 Å². The molecule has 0 spiro atoms. The Hall–Kier alpha value is -1.33. The van der Waals surface area contributed by atoms with Gasteiger partial charge in [0.05, 0.1) is 25.6 Å². The van der Waals surface area contributed by atoms with Gasteiger partial charge in [-0.3, -0.25) is 0 Å². The molecule has 5 nitrogen and oxygen atoms in total. The van der Waals surface area contributed by atoms with Crippen molar-refractivity contribution in [3.63, 3.8) is 0 Å². The van der Waals surface area contributed by atoms with Gasteiger partial charge in [-0.1, -0.05) is 6.08 Å². The number of aliphatic hydroxyl groups is 1. The van der Waals surface area contributed by atoms with E-state index in [9.17, 15) is 9.90 Å². The molecule has 2 N–H and O–H groups in total. The Balaban J connectivity index is 3.39. The lowest BCUT2D eigenvalue weighted by Gasteiger charge is -2.09. The Labute approximate surface area is 82.3 Å². The molecule has 0 aromatic carbocycles. The quantitative estimate of drug-likeness (QED) is 0.254. The zero-order chi connectivity index (χ0) is 10.8. The van der Waals surface area contributed by atoms with E-state index in [4.69, 9.17) is 14.6 Å². The van der Waals surface area contributed by atoms with Crippen molar-refractivity contribution in [1.29, 1.82) is 0 Å². The van der Waals surface area contributed by atoms with E-state index in [-0.39, 0.29) is 13.2 Å². The number of ether oxygens (including phenoxy) is 2. The second-order valence-electron chi connectivity index (χ2n) is 2.45. The molecule has 14 heavy (non-hydrogen) atoms. The Kier molecular flexibility index (Phi) is 7.49. The van der Waals surface area contributed by atoms with Gasteiger partial charge in [0.15, 0.2) is 0 Å². The van der Waals surface area contributed by atoms with Crippen molar-refractivity contribution in [2.75, 3.05) is 19.8 Å². The molecule has 0 amide bonds. The van der Waals surface area contributed by atoms with Gasteiger partial charge in [0.1, 0.15) is 12.7 Å². The van der Waals surface area contributed by atoms with E-state index in [2.05, 4.69) is 6.58 Å². The van der Waals surface area contributed by atoms with Crippen LogP contribution in [0.2, 0.25) is 0 Å². The first-order valence-electron chi connectivity index (χ1n) is 4.04. The molecule has 0 aliphatic carbocycles. The molecule has 0 aromatic heterocycles. The number of hydrogen-bond donors (Lipinski definition) is 2. The molecular formula is C9H14O5.